The first-order valence-electron chi connectivity index (χ1n) is 7.58. The van der Waals surface area contributed by atoms with Gasteiger partial charge >= 0.3 is 0 Å². The fraction of sp³-hybridized carbons (Fsp3) is 0.294. The van der Waals surface area contributed by atoms with Crippen molar-refractivity contribution in [2.45, 2.75) is 24.7 Å². The average molecular weight is 373 g/mol. The molecule has 0 spiro atoms. The first-order valence-corrected chi connectivity index (χ1v) is 9.06. The molecule has 1 N–H and O–H groups in total. The molecule has 0 atom stereocenters. The van der Waals surface area contributed by atoms with Crippen LogP contribution >= 0.6 is 0 Å². The van der Waals surface area contributed by atoms with Crippen molar-refractivity contribution in [2.75, 3.05) is 13.2 Å². The Morgan fingerprint density at radius 2 is 1.68 bits per heavy atom. The lowest BCUT2D eigenvalue weighted by Crippen LogP contribution is -2.29. The predicted octanol–water partition coefficient (Wildman–Crippen LogP) is 3.58. The smallest absolute Gasteiger partial charge is 0.243 e. The van der Waals surface area contributed by atoms with E-state index in [0.717, 1.165) is 5.56 Å². The van der Waals surface area contributed by atoms with Gasteiger partial charge in [-0.3, -0.25) is 0 Å². The molecule has 2 aromatic rings. The zero-order valence-electron chi connectivity index (χ0n) is 13.7. The Hall–Kier alpha value is -2.06. The van der Waals surface area contributed by atoms with Crippen LogP contribution in [0.4, 0.5) is 13.2 Å². The SMILES string of the molecule is CC(C)c1ccccc1OCCNS(=O)(=O)c1cc(F)c(F)cc1F. The third-order valence-electron chi connectivity index (χ3n) is 3.46. The van der Waals surface area contributed by atoms with Crippen LogP contribution in [0.1, 0.15) is 25.3 Å². The molecular weight excluding hydrogens is 355 g/mol. The number of benzene rings is 2. The summed E-state index contributed by atoms with van der Waals surface area (Å²) in [4.78, 5) is -0.950. The van der Waals surface area contributed by atoms with Gasteiger partial charge in [0.05, 0.1) is 0 Å². The van der Waals surface area contributed by atoms with Crippen LogP contribution in [-0.4, -0.2) is 21.6 Å². The van der Waals surface area contributed by atoms with Crippen molar-refractivity contribution in [3.05, 3.63) is 59.4 Å². The van der Waals surface area contributed by atoms with Crippen LogP contribution in [0.3, 0.4) is 0 Å². The molecule has 0 unspecified atom stereocenters. The Balaban J connectivity index is 2.01. The van der Waals surface area contributed by atoms with Gasteiger partial charge in [-0.25, -0.2) is 26.3 Å². The monoisotopic (exact) mass is 373 g/mol. The highest BCUT2D eigenvalue weighted by Crippen LogP contribution is 2.25. The van der Waals surface area contributed by atoms with Crippen molar-refractivity contribution < 1.29 is 26.3 Å². The summed E-state index contributed by atoms with van der Waals surface area (Å²) >= 11 is 0. The maximum atomic E-state index is 13.6. The lowest BCUT2D eigenvalue weighted by molar-refractivity contribution is 0.318. The van der Waals surface area contributed by atoms with E-state index in [2.05, 4.69) is 4.72 Å². The number of hydrogen-bond donors (Lipinski definition) is 1. The molecule has 0 saturated heterocycles. The molecule has 0 aliphatic rings. The van der Waals surface area contributed by atoms with E-state index in [1.807, 2.05) is 26.0 Å². The number of para-hydroxylation sites is 1. The minimum Gasteiger partial charge on any atom is -0.492 e. The molecule has 25 heavy (non-hydrogen) atoms. The van der Waals surface area contributed by atoms with E-state index in [4.69, 9.17) is 4.74 Å². The molecule has 0 fully saturated rings. The highest BCUT2D eigenvalue weighted by Gasteiger charge is 2.21. The number of rotatable bonds is 7. The van der Waals surface area contributed by atoms with Gasteiger partial charge in [0, 0.05) is 12.6 Å². The largest absolute Gasteiger partial charge is 0.492 e. The van der Waals surface area contributed by atoms with Gasteiger partial charge in [-0.1, -0.05) is 32.0 Å². The zero-order chi connectivity index (χ0) is 18.6. The quantitative estimate of drug-likeness (QED) is 0.596. The van der Waals surface area contributed by atoms with Crippen LogP contribution in [0.15, 0.2) is 41.3 Å². The Morgan fingerprint density at radius 1 is 1.04 bits per heavy atom. The molecule has 0 aromatic heterocycles. The number of sulfonamides is 1. The van der Waals surface area contributed by atoms with Crippen molar-refractivity contribution in [1.82, 2.24) is 4.72 Å². The Bertz CT molecular complexity index is 854. The Kier molecular flexibility index (Phi) is 6.07. The number of halogens is 3. The van der Waals surface area contributed by atoms with Crippen molar-refractivity contribution in [3.63, 3.8) is 0 Å². The van der Waals surface area contributed by atoms with Crippen molar-refractivity contribution in [3.8, 4) is 5.75 Å². The summed E-state index contributed by atoms with van der Waals surface area (Å²) < 4.78 is 71.3. The lowest BCUT2D eigenvalue weighted by Gasteiger charge is -2.14. The van der Waals surface area contributed by atoms with Crippen LogP contribution in [0.2, 0.25) is 0 Å². The fourth-order valence-electron chi connectivity index (χ4n) is 2.21. The van der Waals surface area contributed by atoms with Gasteiger partial charge in [0.2, 0.25) is 10.0 Å². The lowest BCUT2D eigenvalue weighted by atomic mass is 10.0. The van der Waals surface area contributed by atoms with Gasteiger partial charge in [0.25, 0.3) is 0 Å². The van der Waals surface area contributed by atoms with Gasteiger partial charge in [0.1, 0.15) is 23.1 Å². The van der Waals surface area contributed by atoms with Crippen molar-refractivity contribution in [2.24, 2.45) is 0 Å². The standard InChI is InChI=1S/C17H18F3NO3S/c1-11(2)12-5-3-4-6-16(12)24-8-7-21-25(22,23)17-10-14(19)13(18)9-15(17)20/h3-6,9-11,21H,7-8H2,1-2H3. The molecular formula is C17H18F3NO3S. The summed E-state index contributed by atoms with van der Waals surface area (Å²) in [6.07, 6.45) is 0. The second-order valence-corrected chi connectivity index (χ2v) is 7.37. The van der Waals surface area contributed by atoms with Crippen LogP contribution in [0.25, 0.3) is 0 Å². The third-order valence-corrected chi connectivity index (χ3v) is 4.93. The van der Waals surface area contributed by atoms with E-state index in [-0.39, 0.29) is 25.1 Å². The predicted molar refractivity (Wildman–Crippen MR) is 87.5 cm³/mol. The molecule has 0 aliphatic carbocycles. The molecule has 0 aliphatic heterocycles. The molecule has 2 aromatic carbocycles. The fourth-order valence-corrected chi connectivity index (χ4v) is 3.30. The minimum atomic E-state index is -4.32. The first kappa shape index (κ1) is 19.3. The normalized spacial score (nSPS) is 11.8. The van der Waals surface area contributed by atoms with Crippen LogP contribution in [0, 0.1) is 17.5 Å². The highest BCUT2D eigenvalue weighted by atomic mass is 32.2. The third kappa shape index (κ3) is 4.73. The molecule has 0 bridgehead atoms. The second-order valence-electron chi connectivity index (χ2n) is 5.64. The van der Waals surface area contributed by atoms with Crippen LogP contribution in [-0.2, 0) is 10.0 Å². The van der Waals surface area contributed by atoms with E-state index in [9.17, 15) is 21.6 Å². The number of hydrogen-bond acceptors (Lipinski definition) is 3. The molecule has 4 nitrogen and oxygen atoms in total. The highest BCUT2D eigenvalue weighted by molar-refractivity contribution is 7.89. The zero-order valence-corrected chi connectivity index (χ0v) is 14.5. The Morgan fingerprint density at radius 3 is 2.36 bits per heavy atom. The second kappa shape index (κ2) is 7.88. The van der Waals surface area contributed by atoms with Gasteiger partial charge in [-0.2, -0.15) is 0 Å². The summed E-state index contributed by atoms with van der Waals surface area (Å²) in [6.45, 7) is 3.83. The summed E-state index contributed by atoms with van der Waals surface area (Å²) in [5, 5.41) is 0. The number of ether oxygens (including phenoxy) is 1. The Labute approximate surface area is 144 Å². The van der Waals surface area contributed by atoms with Crippen LogP contribution < -0.4 is 9.46 Å². The van der Waals surface area contributed by atoms with E-state index in [1.54, 1.807) is 12.1 Å². The first-order chi connectivity index (χ1) is 11.7. The number of nitrogens with one attached hydrogen (secondary N) is 1. The summed E-state index contributed by atoms with van der Waals surface area (Å²) in [5.74, 6) is -3.41. The molecule has 136 valence electrons. The molecule has 8 heteroatoms. The summed E-state index contributed by atoms with van der Waals surface area (Å²) in [7, 11) is -4.32. The minimum absolute atomic E-state index is 0.00570. The van der Waals surface area contributed by atoms with E-state index in [1.165, 1.54) is 0 Å². The summed E-state index contributed by atoms with van der Waals surface area (Å²) in [6, 6.07) is 7.83. The molecule has 2 rings (SSSR count). The van der Waals surface area contributed by atoms with E-state index in [0.29, 0.717) is 11.8 Å². The maximum Gasteiger partial charge on any atom is 0.243 e. The van der Waals surface area contributed by atoms with Crippen molar-refractivity contribution in [1.29, 1.82) is 0 Å². The summed E-state index contributed by atoms with van der Waals surface area (Å²) in [5.41, 5.74) is 0.969. The molecule has 0 heterocycles. The van der Waals surface area contributed by atoms with Crippen LogP contribution in [0.5, 0.6) is 5.75 Å². The molecule has 0 radical (unpaired) electrons. The van der Waals surface area contributed by atoms with Gasteiger partial charge < -0.3 is 4.74 Å². The topological polar surface area (TPSA) is 55.4 Å². The molecule has 0 amide bonds. The van der Waals surface area contributed by atoms with E-state index < -0.39 is 32.4 Å². The van der Waals surface area contributed by atoms with Crippen molar-refractivity contribution >= 4 is 10.0 Å². The van der Waals surface area contributed by atoms with Gasteiger partial charge in [-0.05, 0) is 23.6 Å². The van der Waals surface area contributed by atoms with E-state index >= 15 is 0 Å². The van der Waals surface area contributed by atoms with Gasteiger partial charge in [-0.15, -0.1) is 0 Å². The van der Waals surface area contributed by atoms with Gasteiger partial charge in [0.15, 0.2) is 11.6 Å². The maximum absolute atomic E-state index is 13.6. The average Bonchev–Trinajstić information content (AvgIpc) is 2.55. The molecule has 0 saturated carbocycles.